The van der Waals surface area contributed by atoms with Crippen molar-refractivity contribution in [3.63, 3.8) is 0 Å². The maximum absolute atomic E-state index is 13.0. The minimum Gasteiger partial charge on any atom is -0.465 e. The van der Waals surface area contributed by atoms with Gasteiger partial charge >= 0.3 is 5.97 Å². The highest BCUT2D eigenvalue weighted by atomic mass is 35.5. The minimum atomic E-state index is -0.380. The molecular formula is C14H17ClFNO2. The van der Waals surface area contributed by atoms with Gasteiger partial charge in [-0.2, -0.15) is 0 Å². The molecule has 0 atom stereocenters. The van der Waals surface area contributed by atoms with Gasteiger partial charge in [-0.15, -0.1) is 6.58 Å². The van der Waals surface area contributed by atoms with Crippen LogP contribution in [0.2, 0.25) is 5.02 Å². The summed E-state index contributed by atoms with van der Waals surface area (Å²) in [6, 6.07) is 4.21. The van der Waals surface area contributed by atoms with Gasteiger partial charge in [0.2, 0.25) is 0 Å². The molecule has 19 heavy (non-hydrogen) atoms. The summed E-state index contributed by atoms with van der Waals surface area (Å²) < 4.78 is 17.9. The minimum absolute atomic E-state index is 0.146. The lowest BCUT2D eigenvalue weighted by Gasteiger charge is -2.20. The first-order valence-corrected chi connectivity index (χ1v) is 6.37. The Hall–Kier alpha value is -1.39. The van der Waals surface area contributed by atoms with Crippen LogP contribution in [0.25, 0.3) is 0 Å². The van der Waals surface area contributed by atoms with Crippen LogP contribution >= 0.6 is 11.6 Å². The van der Waals surface area contributed by atoms with Gasteiger partial charge in [-0.25, -0.2) is 4.39 Å². The zero-order valence-corrected chi connectivity index (χ0v) is 11.6. The van der Waals surface area contributed by atoms with E-state index in [1.54, 1.807) is 19.1 Å². The van der Waals surface area contributed by atoms with Gasteiger partial charge in [0.25, 0.3) is 0 Å². The fraction of sp³-hybridized carbons (Fsp3) is 0.357. The normalized spacial score (nSPS) is 10.5. The lowest BCUT2D eigenvalue weighted by Crippen LogP contribution is -2.31. The van der Waals surface area contributed by atoms with Crippen LogP contribution in [0, 0.1) is 5.82 Å². The van der Waals surface area contributed by atoms with Gasteiger partial charge in [-0.05, 0) is 24.6 Å². The largest absolute Gasteiger partial charge is 0.465 e. The Kier molecular flexibility index (Phi) is 6.53. The maximum Gasteiger partial charge on any atom is 0.320 e. The predicted molar refractivity (Wildman–Crippen MR) is 73.5 cm³/mol. The Bertz CT molecular complexity index is 451. The van der Waals surface area contributed by atoms with Crippen molar-refractivity contribution in [3.8, 4) is 0 Å². The molecule has 3 nitrogen and oxygen atoms in total. The zero-order valence-electron chi connectivity index (χ0n) is 10.9. The van der Waals surface area contributed by atoms with Crippen molar-refractivity contribution in [1.82, 2.24) is 4.90 Å². The van der Waals surface area contributed by atoms with Gasteiger partial charge in [0.15, 0.2) is 0 Å². The highest BCUT2D eigenvalue weighted by molar-refractivity contribution is 6.31. The molecule has 0 aliphatic carbocycles. The molecule has 0 aliphatic rings. The Morgan fingerprint density at radius 3 is 2.89 bits per heavy atom. The topological polar surface area (TPSA) is 29.5 Å². The molecule has 0 heterocycles. The van der Waals surface area contributed by atoms with Crippen LogP contribution in [0.4, 0.5) is 4.39 Å². The summed E-state index contributed by atoms with van der Waals surface area (Å²) in [6.45, 7) is 6.85. The average molecular weight is 286 g/mol. The molecule has 0 N–H and O–H groups in total. The Balaban J connectivity index is 2.71. The van der Waals surface area contributed by atoms with Crippen molar-refractivity contribution >= 4 is 17.6 Å². The first kappa shape index (κ1) is 15.7. The van der Waals surface area contributed by atoms with Crippen molar-refractivity contribution < 1.29 is 13.9 Å². The number of hydrogen-bond donors (Lipinski definition) is 0. The van der Waals surface area contributed by atoms with E-state index in [9.17, 15) is 9.18 Å². The van der Waals surface area contributed by atoms with E-state index in [2.05, 4.69) is 6.58 Å². The van der Waals surface area contributed by atoms with Crippen molar-refractivity contribution in [2.75, 3.05) is 19.7 Å². The fourth-order valence-electron chi connectivity index (χ4n) is 1.65. The summed E-state index contributed by atoms with van der Waals surface area (Å²) in [6.07, 6.45) is 1.69. The molecule has 0 amide bonds. The first-order chi connectivity index (χ1) is 9.06. The van der Waals surface area contributed by atoms with Crippen LogP contribution in [0.5, 0.6) is 0 Å². The first-order valence-electron chi connectivity index (χ1n) is 5.99. The third-order valence-corrected chi connectivity index (χ3v) is 2.81. The van der Waals surface area contributed by atoms with E-state index in [0.29, 0.717) is 24.7 Å². The molecule has 0 unspecified atom stereocenters. The fourth-order valence-corrected chi connectivity index (χ4v) is 1.87. The quantitative estimate of drug-likeness (QED) is 0.570. The SMILES string of the molecule is C=CCN(CC(=O)OCC)Cc1ccc(F)cc1Cl. The Morgan fingerprint density at radius 1 is 1.58 bits per heavy atom. The molecule has 0 radical (unpaired) electrons. The van der Waals surface area contributed by atoms with Gasteiger partial charge in [-0.3, -0.25) is 9.69 Å². The monoisotopic (exact) mass is 285 g/mol. The molecule has 1 aromatic rings. The number of ether oxygens (including phenoxy) is 1. The number of carbonyl (C=O) groups is 1. The van der Waals surface area contributed by atoms with Crippen LogP contribution in [-0.4, -0.2) is 30.6 Å². The molecule has 0 aliphatic heterocycles. The second kappa shape index (κ2) is 7.92. The van der Waals surface area contributed by atoms with Crippen LogP contribution in [-0.2, 0) is 16.1 Å². The van der Waals surface area contributed by atoms with Gasteiger partial charge in [0.05, 0.1) is 13.2 Å². The number of benzene rings is 1. The molecule has 5 heteroatoms. The molecule has 0 spiro atoms. The predicted octanol–water partition coefficient (Wildman–Crippen LogP) is 3.03. The molecule has 1 rings (SSSR count). The standard InChI is InChI=1S/C14H17ClFNO2/c1-3-7-17(10-14(18)19-4-2)9-11-5-6-12(16)8-13(11)15/h3,5-6,8H,1,4,7,9-10H2,2H3. The van der Waals surface area contributed by atoms with Gasteiger partial charge in [0.1, 0.15) is 5.82 Å². The van der Waals surface area contributed by atoms with Crippen molar-refractivity contribution in [2.24, 2.45) is 0 Å². The smallest absolute Gasteiger partial charge is 0.320 e. The summed E-state index contributed by atoms with van der Waals surface area (Å²) in [4.78, 5) is 13.3. The number of rotatable bonds is 7. The molecule has 0 aromatic heterocycles. The van der Waals surface area contributed by atoms with Crippen LogP contribution in [0.1, 0.15) is 12.5 Å². The lowest BCUT2D eigenvalue weighted by atomic mass is 10.2. The second-order valence-corrected chi connectivity index (χ2v) is 4.41. The summed E-state index contributed by atoms with van der Waals surface area (Å²) in [5.41, 5.74) is 0.759. The van der Waals surface area contributed by atoms with E-state index in [0.717, 1.165) is 5.56 Å². The van der Waals surface area contributed by atoms with Gasteiger partial charge in [-0.1, -0.05) is 23.7 Å². The van der Waals surface area contributed by atoms with E-state index in [1.807, 2.05) is 4.90 Å². The maximum atomic E-state index is 13.0. The second-order valence-electron chi connectivity index (χ2n) is 4.00. The average Bonchev–Trinajstić information content (AvgIpc) is 2.33. The molecule has 0 saturated carbocycles. The van der Waals surface area contributed by atoms with Crippen molar-refractivity contribution in [1.29, 1.82) is 0 Å². The molecule has 1 aromatic carbocycles. The van der Waals surface area contributed by atoms with E-state index in [4.69, 9.17) is 16.3 Å². The Morgan fingerprint density at radius 2 is 2.32 bits per heavy atom. The molecule has 0 saturated heterocycles. The van der Waals surface area contributed by atoms with E-state index in [1.165, 1.54) is 12.1 Å². The van der Waals surface area contributed by atoms with E-state index in [-0.39, 0.29) is 18.3 Å². The third-order valence-electron chi connectivity index (χ3n) is 2.45. The highest BCUT2D eigenvalue weighted by Gasteiger charge is 2.12. The number of carbonyl (C=O) groups excluding carboxylic acids is 1. The van der Waals surface area contributed by atoms with E-state index < -0.39 is 0 Å². The van der Waals surface area contributed by atoms with Gasteiger partial charge < -0.3 is 4.74 Å². The lowest BCUT2D eigenvalue weighted by molar-refractivity contribution is -0.144. The zero-order chi connectivity index (χ0) is 14.3. The molecule has 104 valence electrons. The summed E-state index contributed by atoms with van der Waals surface area (Å²) in [5, 5.41) is 0.345. The van der Waals surface area contributed by atoms with Crippen LogP contribution in [0.3, 0.4) is 0 Å². The number of nitrogens with zero attached hydrogens (tertiary/aromatic N) is 1. The van der Waals surface area contributed by atoms with Gasteiger partial charge in [0, 0.05) is 18.1 Å². The van der Waals surface area contributed by atoms with Crippen molar-refractivity contribution in [2.45, 2.75) is 13.5 Å². The molecule has 0 bridgehead atoms. The van der Waals surface area contributed by atoms with Crippen molar-refractivity contribution in [3.05, 3.63) is 47.3 Å². The molecular weight excluding hydrogens is 269 g/mol. The number of hydrogen-bond acceptors (Lipinski definition) is 3. The number of esters is 1. The van der Waals surface area contributed by atoms with Crippen LogP contribution in [0.15, 0.2) is 30.9 Å². The summed E-state index contributed by atoms with van der Waals surface area (Å²) in [7, 11) is 0. The molecule has 0 fully saturated rings. The van der Waals surface area contributed by atoms with E-state index >= 15 is 0 Å². The number of halogens is 2. The Labute approximate surface area is 117 Å². The highest BCUT2D eigenvalue weighted by Crippen LogP contribution is 2.19. The summed E-state index contributed by atoms with van der Waals surface area (Å²) in [5.74, 6) is -0.683. The van der Waals surface area contributed by atoms with Crippen LogP contribution < -0.4 is 0 Å². The summed E-state index contributed by atoms with van der Waals surface area (Å²) >= 11 is 5.96. The third kappa shape index (κ3) is 5.41.